The van der Waals surface area contributed by atoms with E-state index in [1.807, 2.05) is 48.5 Å². The number of halogens is 1. The molecule has 0 saturated heterocycles. The molecule has 0 N–H and O–H groups in total. The fourth-order valence-electron chi connectivity index (χ4n) is 3.92. The molecule has 1 aromatic heterocycles. The van der Waals surface area contributed by atoms with E-state index in [4.69, 9.17) is 4.42 Å². The lowest BCUT2D eigenvalue weighted by Crippen LogP contribution is -2.03. The van der Waals surface area contributed by atoms with Gasteiger partial charge in [-0.15, -0.1) is 20.7 Å². The molecular formula is C27H17IO2. The van der Waals surface area contributed by atoms with Crippen LogP contribution in [0.15, 0.2) is 100 Å². The highest BCUT2D eigenvalue weighted by molar-refractivity contribution is 14.2. The molecule has 1 atom stereocenters. The summed E-state index contributed by atoms with van der Waals surface area (Å²) >= 11 is 0.177. The van der Waals surface area contributed by atoms with Crippen LogP contribution in [-0.4, -0.2) is 4.01 Å². The topological polar surface area (TPSA) is 30.2 Å². The summed E-state index contributed by atoms with van der Waals surface area (Å²) in [5.41, 5.74) is 7.03. The second-order valence-corrected chi connectivity index (χ2v) is 10.3. The van der Waals surface area contributed by atoms with Crippen molar-refractivity contribution in [3.05, 3.63) is 107 Å². The van der Waals surface area contributed by atoms with Crippen molar-refractivity contribution < 1.29 is 4.42 Å². The zero-order valence-electron chi connectivity index (χ0n) is 16.0. The Hall–Kier alpha value is -3.05. The normalized spacial score (nSPS) is 15.3. The Morgan fingerprint density at radius 1 is 0.633 bits per heavy atom. The van der Waals surface area contributed by atoms with Crippen LogP contribution in [0.5, 0.6) is 0 Å². The molecule has 0 fully saturated rings. The molecule has 30 heavy (non-hydrogen) atoms. The first kappa shape index (κ1) is 17.8. The van der Waals surface area contributed by atoms with Crippen LogP contribution in [0.1, 0.15) is 9.49 Å². The summed E-state index contributed by atoms with van der Waals surface area (Å²) in [6, 6.07) is 30.7. The number of hydrogen-bond donors (Lipinski definition) is 0. The van der Waals surface area contributed by atoms with Gasteiger partial charge in [0.2, 0.25) is 5.43 Å². The maximum atomic E-state index is 13.3. The Morgan fingerprint density at radius 3 is 2.03 bits per heavy atom. The van der Waals surface area contributed by atoms with Crippen LogP contribution < -0.4 is 5.43 Å². The van der Waals surface area contributed by atoms with Crippen molar-refractivity contribution in [1.29, 1.82) is 0 Å². The van der Waals surface area contributed by atoms with Gasteiger partial charge in [-0.3, -0.25) is 4.79 Å². The third-order valence-electron chi connectivity index (χ3n) is 5.57. The van der Waals surface area contributed by atoms with Gasteiger partial charge in [0, 0.05) is 0 Å². The minimum absolute atomic E-state index is 0.0491. The number of fused-ring (bicyclic) bond motifs is 2. The van der Waals surface area contributed by atoms with E-state index in [1.54, 1.807) is 0 Å². The molecule has 4 aromatic carbocycles. The molecule has 3 heteroatoms. The second kappa shape index (κ2) is 7.03. The highest BCUT2D eigenvalue weighted by atomic mass is 127. The summed E-state index contributed by atoms with van der Waals surface area (Å²) in [4.78, 5) is 13.3. The molecule has 0 spiro atoms. The molecule has 0 bridgehead atoms. The molecular weight excluding hydrogens is 483 g/mol. The lowest BCUT2D eigenvalue weighted by atomic mass is 9.98. The van der Waals surface area contributed by atoms with Gasteiger partial charge in [0.15, 0.2) is 0 Å². The zero-order valence-corrected chi connectivity index (χ0v) is 18.2. The third kappa shape index (κ3) is 3.10. The summed E-state index contributed by atoms with van der Waals surface area (Å²) in [5, 5.41) is 1.32. The van der Waals surface area contributed by atoms with Crippen molar-refractivity contribution in [2.75, 3.05) is 0 Å². The largest absolute Gasteiger partial charge is 0.456 e. The highest BCUT2D eigenvalue weighted by Gasteiger charge is 2.17. The molecule has 1 unspecified atom stereocenters. The second-order valence-electron chi connectivity index (χ2n) is 7.50. The SMILES string of the molecule is O=c1c2cc(-c3cccc(-c4ccccc4)c3)ccc2oc2ccc(C3C=I3)cc12. The lowest BCUT2D eigenvalue weighted by molar-refractivity contribution is 0.660. The summed E-state index contributed by atoms with van der Waals surface area (Å²) in [7, 11) is 0. The monoisotopic (exact) mass is 500 g/mol. The van der Waals surface area contributed by atoms with Crippen LogP contribution in [0.25, 0.3) is 44.2 Å². The molecule has 6 rings (SSSR count). The molecule has 1 aliphatic rings. The molecule has 2 nitrogen and oxygen atoms in total. The number of alkyl halides is 1. The van der Waals surface area contributed by atoms with Crippen LogP contribution in [-0.2, 0) is 0 Å². The van der Waals surface area contributed by atoms with Gasteiger partial charge >= 0.3 is 0 Å². The minimum Gasteiger partial charge on any atom is -0.456 e. The molecule has 144 valence electrons. The van der Waals surface area contributed by atoms with E-state index in [1.165, 1.54) is 11.1 Å². The van der Waals surface area contributed by atoms with Crippen molar-refractivity contribution in [3.63, 3.8) is 0 Å². The van der Waals surface area contributed by atoms with Crippen LogP contribution in [0.3, 0.4) is 0 Å². The Kier molecular flexibility index (Phi) is 4.16. The first-order chi connectivity index (χ1) is 14.8. The highest BCUT2D eigenvalue weighted by Crippen LogP contribution is 2.40. The minimum atomic E-state index is 0.0491. The van der Waals surface area contributed by atoms with E-state index in [0.717, 1.165) is 16.7 Å². The molecule has 5 aromatic rings. The van der Waals surface area contributed by atoms with Crippen molar-refractivity contribution in [2.45, 2.75) is 3.92 Å². The Labute approximate surface area is 183 Å². The van der Waals surface area contributed by atoms with Gasteiger partial charge in [-0.25, -0.2) is 0 Å². The van der Waals surface area contributed by atoms with Crippen molar-refractivity contribution in [3.8, 4) is 22.3 Å². The molecule has 0 aliphatic carbocycles. The summed E-state index contributed by atoms with van der Waals surface area (Å²) in [5.74, 6) is 0. The van der Waals surface area contributed by atoms with E-state index in [-0.39, 0.29) is 26.2 Å². The van der Waals surface area contributed by atoms with E-state index >= 15 is 0 Å². The van der Waals surface area contributed by atoms with Gasteiger partial charge in [0.05, 0.1) is 14.7 Å². The number of benzene rings is 4. The van der Waals surface area contributed by atoms with E-state index in [9.17, 15) is 4.79 Å². The van der Waals surface area contributed by atoms with Crippen LogP contribution in [0.2, 0.25) is 0 Å². The maximum absolute atomic E-state index is 13.3. The molecule has 1 aliphatic heterocycles. The molecule has 0 saturated carbocycles. The van der Waals surface area contributed by atoms with Gasteiger partial charge in [-0.2, -0.15) is 0 Å². The van der Waals surface area contributed by atoms with Gasteiger partial charge in [0.25, 0.3) is 0 Å². The number of hydrogen-bond acceptors (Lipinski definition) is 2. The molecule has 2 heterocycles. The zero-order chi connectivity index (χ0) is 20.1. The van der Waals surface area contributed by atoms with Crippen molar-refractivity contribution in [1.82, 2.24) is 0 Å². The average molecular weight is 500 g/mol. The fourth-order valence-corrected chi connectivity index (χ4v) is 5.34. The van der Waals surface area contributed by atoms with Gasteiger partial charge in [-0.05, 0) is 62.2 Å². The van der Waals surface area contributed by atoms with Gasteiger partial charge in [-0.1, -0.05) is 60.7 Å². The summed E-state index contributed by atoms with van der Waals surface area (Å²) in [6.07, 6.45) is 0. The van der Waals surface area contributed by atoms with Crippen LogP contribution in [0, 0.1) is 0 Å². The number of rotatable bonds is 3. The Morgan fingerprint density at radius 2 is 1.27 bits per heavy atom. The van der Waals surface area contributed by atoms with Crippen molar-refractivity contribution >= 4 is 46.7 Å². The van der Waals surface area contributed by atoms with Crippen molar-refractivity contribution in [2.24, 2.45) is 0 Å². The summed E-state index contributed by atoms with van der Waals surface area (Å²) in [6.45, 7) is 0. The standard InChI is InChI=1S/C27H17IO2/c29-27-22-14-20(19-8-4-7-18(13-19)17-5-2-1-3-6-17)9-11-25(22)30-26-12-10-21(15-23(26)27)24-16-28-24/h1-16,24H. The Bertz CT molecular complexity index is 1510. The van der Waals surface area contributed by atoms with E-state index in [2.05, 4.69) is 46.5 Å². The van der Waals surface area contributed by atoms with E-state index < -0.39 is 0 Å². The van der Waals surface area contributed by atoms with Crippen LogP contribution in [0.4, 0.5) is 0 Å². The summed E-state index contributed by atoms with van der Waals surface area (Å²) < 4.78 is 9.02. The Balaban J connectivity index is 1.50. The maximum Gasteiger partial charge on any atom is 0.200 e. The quantitative estimate of drug-likeness (QED) is 0.150. The van der Waals surface area contributed by atoms with Gasteiger partial charge in [0.1, 0.15) is 11.2 Å². The fraction of sp³-hybridized carbons (Fsp3) is 0.0370. The molecule has 0 amide bonds. The smallest absolute Gasteiger partial charge is 0.200 e. The average Bonchev–Trinajstić information content (AvgIpc) is 3.65. The predicted molar refractivity (Wildman–Crippen MR) is 134 cm³/mol. The van der Waals surface area contributed by atoms with Crippen LogP contribution >= 0.6 is 20.7 Å². The first-order valence-corrected chi connectivity index (χ1v) is 12.4. The third-order valence-corrected chi connectivity index (χ3v) is 7.72. The van der Waals surface area contributed by atoms with E-state index in [0.29, 0.717) is 25.9 Å². The van der Waals surface area contributed by atoms with Gasteiger partial charge < -0.3 is 4.42 Å². The first-order valence-electron chi connectivity index (χ1n) is 9.88. The molecule has 0 radical (unpaired) electrons. The lowest BCUT2D eigenvalue weighted by Gasteiger charge is -2.08. The predicted octanol–water partition coefficient (Wildman–Crippen LogP) is 7.11.